The number of hydrogen-bond donors (Lipinski definition) is 2. The number of hydrogen-bond acceptors (Lipinski definition) is 6. The van der Waals surface area contributed by atoms with Crippen molar-refractivity contribution in [3.05, 3.63) is 58.9 Å². The van der Waals surface area contributed by atoms with E-state index in [9.17, 15) is 19.2 Å². The molecule has 0 unspecified atom stereocenters. The van der Waals surface area contributed by atoms with Gasteiger partial charge in [-0.25, -0.2) is 14.5 Å². The van der Waals surface area contributed by atoms with Crippen molar-refractivity contribution in [1.29, 1.82) is 0 Å². The molecule has 2 aliphatic heterocycles. The largest absolute Gasteiger partial charge is 0.427 e. The van der Waals surface area contributed by atoms with Gasteiger partial charge in [-0.2, -0.15) is 0 Å². The van der Waals surface area contributed by atoms with E-state index in [1.54, 1.807) is 24.4 Å². The molecule has 5 amide bonds. The predicted molar refractivity (Wildman–Crippen MR) is 132 cm³/mol. The van der Waals surface area contributed by atoms with Crippen LogP contribution in [0.1, 0.15) is 48.1 Å². The van der Waals surface area contributed by atoms with Crippen LogP contribution in [0, 0.1) is 5.92 Å². The molecular formula is C27H29N5O5. The number of urea groups is 1. The summed E-state index contributed by atoms with van der Waals surface area (Å²) in [7, 11) is 1.53. The van der Waals surface area contributed by atoms with Crippen molar-refractivity contribution >= 4 is 29.6 Å². The number of imide groups is 1. The Morgan fingerprint density at radius 1 is 1.14 bits per heavy atom. The molecule has 2 N–H and O–H groups in total. The number of pyridine rings is 1. The van der Waals surface area contributed by atoms with Gasteiger partial charge in [0, 0.05) is 49.2 Å². The molecule has 1 aromatic heterocycles. The number of carbonyl (C=O) groups excluding carboxylic acids is 4. The topological polar surface area (TPSA) is 121 Å². The fraction of sp³-hybridized carbons (Fsp3) is 0.444. The summed E-state index contributed by atoms with van der Waals surface area (Å²) in [6, 6.07) is 8.77. The number of fused-ring (bicyclic) bond motifs is 3. The van der Waals surface area contributed by atoms with Crippen molar-refractivity contribution in [1.82, 2.24) is 20.1 Å². The number of carbonyl (C=O) groups is 4. The molecule has 6 rings (SSSR count). The first-order valence-corrected chi connectivity index (χ1v) is 12.8. The fourth-order valence-electron chi connectivity index (χ4n) is 5.98. The Bertz CT molecular complexity index is 1310. The maximum Gasteiger partial charge on any atom is 0.418 e. The Kier molecular flexibility index (Phi) is 5.62. The Morgan fingerprint density at radius 2 is 1.97 bits per heavy atom. The zero-order chi connectivity index (χ0) is 25.7. The fourth-order valence-corrected chi connectivity index (χ4v) is 5.98. The van der Waals surface area contributed by atoms with Gasteiger partial charge in [0.05, 0.1) is 0 Å². The van der Waals surface area contributed by atoms with Crippen LogP contribution in [0.4, 0.5) is 15.3 Å². The molecule has 37 heavy (non-hydrogen) atoms. The molecule has 192 valence electrons. The van der Waals surface area contributed by atoms with Crippen LogP contribution < -0.4 is 10.6 Å². The van der Waals surface area contributed by atoms with Gasteiger partial charge in [-0.05, 0) is 67.3 Å². The van der Waals surface area contributed by atoms with E-state index in [1.165, 1.54) is 7.05 Å². The lowest BCUT2D eigenvalue weighted by Gasteiger charge is -2.31. The second kappa shape index (κ2) is 8.86. The van der Waals surface area contributed by atoms with E-state index in [2.05, 4.69) is 15.6 Å². The minimum absolute atomic E-state index is 0.0721. The number of benzene rings is 1. The summed E-state index contributed by atoms with van der Waals surface area (Å²) in [5.41, 5.74) is 2.61. The molecule has 3 heterocycles. The van der Waals surface area contributed by atoms with Crippen LogP contribution in [-0.4, -0.2) is 58.4 Å². The van der Waals surface area contributed by atoms with Crippen LogP contribution in [0.5, 0.6) is 0 Å². The molecule has 1 aromatic carbocycles. The Balaban J connectivity index is 1.23. The summed E-state index contributed by atoms with van der Waals surface area (Å²) >= 11 is 0. The van der Waals surface area contributed by atoms with E-state index in [0.29, 0.717) is 36.6 Å². The van der Waals surface area contributed by atoms with Gasteiger partial charge < -0.3 is 20.3 Å². The Morgan fingerprint density at radius 3 is 2.76 bits per heavy atom. The van der Waals surface area contributed by atoms with Crippen LogP contribution >= 0.6 is 0 Å². The number of anilines is 1. The van der Waals surface area contributed by atoms with Gasteiger partial charge in [-0.1, -0.05) is 12.1 Å². The normalized spacial score (nSPS) is 24.4. The van der Waals surface area contributed by atoms with Crippen molar-refractivity contribution in [2.75, 3.05) is 18.9 Å². The molecule has 2 atom stereocenters. The molecule has 0 bridgehead atoms. The van der Waals surface area contributed by atoms with Crippen LogP contribution in [0.3, 0.4) is 0 Å². The highest BCUT2D eigenvalue weighted by Crippen LogP contribution is 2.46. The van der Waals surface area contributed by atoms with Gasteiger partial charge in [0.1, 0.15) is 6.54 Å². The second-order valence-corrected chi connectivity index (χ2v) is 10.2. The highest BCUT2D eigenvalue weighted by molar-refractivity contribution is 6.06. The first-order valence-electron chi connectivity index (χ1n) is 12.8. The molecule has 1 saturated heterocycles. The van der Waals surface area contributed by atoms with Crippen molar-refractivity contribution in [2.45, 2.75) is 56.7 Å². The first kappa shape index (κ1) is 23.4. The number of nitrogens with zero attached hydrogens (tertiary/aromatic N) is 3. The molecule has 2 aromatic rings. The molecule has 4 aliphatic rings. The predicted octanol–water partition coefficient (Wildman–Crippen LogP) is 2.71. The Labute approximate surface area is 214 Å². The SMILES string of the molecule is CNC(=O)Nc1ccc2c(c1)CC[C@@]21OC(=O)N(CC(=O)N2Cc3cccnc3CC[C@@H]2C2CC2)C1=O. The minimum atomic E-state index is -1.43. The monoisotopic (exact) mass is 503 g/mol. The summed E-state index contributed by atoms with van der Waals surface area (Å²) in [4.78, 5) is 59.2. The zero-order valence-corrected chi connectivity index (χ0v) is 20.7. The smallest absolute Gasteiger partial charge is 0.418 e. The third-order valence-electron chi connectivity index (χ3n) is 8.03. The maximum atomic E-state index is 13.6. The first-order chi connectivity index (χ1) is 17.9. The lowest BCUT2D eigenvalue weighted by molar-refractivity contribution is -0.143. The lowest BCUT2D eigenvalue weighted by Crippen LogP contribution is -2.48. The van der Waals surface area contributed by atoms with Gasteiger partial charge in [-0.3, -0.25) is 14.6 Å². The van der Waals surface area contributed by atoms with Gasteiger partial charge in [-0.15, -0.1) is 0 Å². The van der Waals surface area contributed by atoms with Crippen LogP contribution in [0.15, 0.2) is 36.5 Å². The van der Waals surface area contributed by atoms with Crippen molar-refractivity contribution in [3.63, 3.8) is 0 Å². The van der Waals surface area contributed by atoms with Crippen molar-refractivity contribution < 1.29 is 23.9 Å². The van der Waals surface area contributed by atoms with Crippen LogP contribution in [-0.2, 0) is 39.3 Å². The third kappa shape index (κ3) is 4.00. The molecule has 10 heteroatoms. The highest BCUT2D eigenvalue weighted by atomic mass is 16.6. The van der Waals surface area contributed by atoms with E-state index < -0.39 is 17.6 Å². The molecule has 1 saturated carbocycles. The number of aromatic nitrogens is 1. The van der Waals surface area contributed by atoms with Gasteiger partial charge >= 0.3 is 12.1 Å². The molecule has 10 nitrogen and oxygen atoms in total. The maximum absolute atomic E-state index is 13.6. The van der Waals surface area contributed by atoms with Crippen LogP contribution in [0.25, 0.3) is 0 Å². The molecule has 2 aliphatic carbocycles. The number of ether oxygens (including phenoxy) is 1. The number of nitrogens with one attached hydrogen (secondary N) is 2. The average Bonchev–Trinajstić information content (AvgIpc) is 3.66. The molecule has 2 fully saturated rings. The zero-order valence-electron chi connectivity index (χ0n) is 20.7. The third-order valence-corrected chi connectivity index (χ3v) is 8.03. The van der Waals surface area contributed by atoms with Gasteiger partial charge in [0.15, 0.2) is 0 Å². The summed E-state index contributed by atoms with van der Waals surface area (Å²) in [5, 5.41) is 5.21. The van der Waals surface area contributed by atoms with Crippen molar-refractivity contribution in [2.24, 2.45) is 5.92 Å². The standard InChI is InChI=1S/C27H29N5O5/c1-28-25(35)30-19-6-7-20-17(13-19)10-11-27(20)24(34)32(26(36)37-27)15-23(33)31-14-18-3-2-12-29-21(18)8-9-22(31)16-4-5-16/h2-3,6-7,12-13,16,22H,4-5,8-11,14-15H2,1H3,(H2,28,30,35)/t22-,27-/m1/s1. The number of aryl methyl sites for hydroxylation is 2. The minimum Gasteiger partial charge on any atom is -0.427 e. The van der Waals surface area contributed by atoms with E-state index in [4.69, 9.17) is 4.74 Å². The van der Waals surface area contributed by atoms with E-state index >= 15 is 0 Å². The summed E-state index contributed by atoms with van der Waals surface area (Å²) in [6.45, 7) is 0.0826. The Hall–Kier alpha value is -3.95. The summed E-state index contributed by atoms with van der Waals surface area (Å²) < 4.78 is 5.72. The highest BCUT2D eigenvalue weighted by Gasteiger charge is 2.58. The molecule has 0 radical (unpaired) electrons. The average molecular weight is 504 g/mol. The van der Waals surface area contributed by atoms with Gasteiger partial charge in [0.2, 0.25) is 11.5 Å². The van der Waals surface area contributed by atoms with Gasteiger partial charge in [0.25, 0.3) is 5.91 Å². The van der Waals surface area contributed by atoms with E-state index in [0.717, 1.165) is 47.4 Å². The summed E-state index contributed by atoms with van der Waals surface area (Å²) in [6.07, 6.45) is 5.59. The quantitative estimate of drug-likeness (QED) is 0.662. The van der Waals surface area contributed by atoms with Crippen LogP contribution in [0.2, 0.25) is 0 Å². The number of amides is 5. The molecule has 1 spiro atoms. The molecular weight excluding hydrogens is 474 g/mol. The van der Waals surface area contributed by atoms with Crippen molar-refractivity contribution in [3.8, 4) is 0 Å². The van der Waals surface area contributed by atoms with E-state index in [1.807, 2.05) is 17.0 Å². The summed E-state index contributed by atoms with van der Waals surface area (Å²) in [5.74, 6) is -0.305. The number of rotatable bonds is 4. The van der Waals surface area contributed by atoms with E-state index in [-0.39, 0.29) is 24.5 Å². The lowest BCUT2D eigenvalue weighted by atomic mass is 9.94. The second-order valence-electron chi connectivity index (χ2n) is 10.2.